The Kier molecular flexibility index (Phi) is 3.89. The third-order valence-electron chi connectivity index (χ3n) is 4.93. The van der Waals surface area contributed by atoms with E-state index in [-0.39, 0.29) is 5.60 Å². The molecule has 0 amide bonds. The summed E-state index contributed by atoms with van der Waals surface area (Å²) in [6.45, 7) is 5.86. The Morgan fingerprint density at radius 3 is 3.00 bits per heavy atom. The highest BCUT2D eigenvalue weighted by molar-refractivity contribution is 4.94. The third-order valence-corrected chi connectivity index (χ3v) is 4.93. The van der Waals surface area contributed by atoms with Crippen LogP contribution in [0.4, 0.5) is 0 Å². The van der Waals surface area contributed by atoms with E-state index in [1.807, 2.05) is 0 Å². The van der Waals surface area contributed by atoms with Crippen LogP contribution in [0.15, 0.2) is 0 Å². The molecule has 3 unspecified atom stereocenters. The van der Waals surface area contributed by atoms with Gasteiger partial charge in [0.1, 0.15) is 0 Å². The van der Waals surface area contributed by atoms with Gasteiger partial charge in [0.25, 0.3) is 0 Å². The SMILES string of the molecule is NCC1CCCN(C2CCOC3(CCOC3)C2)C1. The van der Waals surface area contributed by atoms with Crippen LogP contribution in [0.25, 0.3) is 0 Å². The van der Waals surface area contributed by atoms with Gasteiger partial charge in [-0.3, -0.25) is 4.90 Å². The zero-order valence-electron chi connectivity index (χ0n) is 11.3. The van der Waals surface area contributed by atoms with Crippen molar-refractivity contribution < 1.29 is 9.47 Å². The van der Waals surface area contributed by atoms with E-state index >= 15 is 0 Å². The number of ether oxygens (including phenoxy) is 2. The van der Waals surface area contributed by atoms with Crippen molar-refractivity contribution >= 4 is 0 Å². The monoisotopic (exact) mass is 254 g/mol. The Morgan fingerprint density at radius 1 is 1.28 bits per heavy atom. The first-order valence-corrected chi connectivity index (χ1v) is 7.47. The summed E-state index contributed by atoms with van der Waals surface area (Å²) in [4.78, 5) is 2.67. The van der Waals surface area contributed by atoms with Crippen molar-refractivity contribution in [2.75, 3.05) is 39.5 Å². The normalized spacial score (nSPS) is 42.5. The molecule has 0 radical (unpaired) electrons. The lowest BCUT2D eigenvalue weighted by Gasteiger charge is -2.44. The summed E-state index contributed by atoms with van der Waals surface area (Å²) in [7, 11) is 0. The smallest absolute Gasteiger partial charge is 0.0951 e. The van der Waals surface area contributed by atoms with Gasteiger partial charge in [0.15, 0.2) is 0 Å². The minimum absolute atomic E-state index is 0.0403. The number of hydrogen-bond acceptors (Lipinski definition) is 4. The minimum atomic E-state index is 0.0403. The first-order chi connectivity index (χ1) is 8.81. The molecule has 3 aliphatic rings. The maximum absolute atomic E-state index is 6.02. The Labute approximate surface area is 110 Å². The molecule has 2 N–H and O–H groups in total. The maximum atomic E-state index is 6.02. The molecule has 3 aliphatic heterocycles. The van der Waals surface area contributed by atoms with Crippen LogP contribution in [-0.4, -0.2) is 56.0 Å². The summed E-state index contributed by atoms with van der Waals surface area (Å²) in [5.41, 5.74) is 5.88. The quantitative estimate of drug-likeness (QED) is 0.798. The van der Waals surface area contributed by atoms with Crippen LogP contribution in [0.1, 0.15) is 32.1 Å². The fourth-order valence-electron chi connectivity index (χ4n) is 3.80. The van der Waals surface area contributed by atoms with Crippen molar-refractivity contribution in [3.05, 3.63) is 0 Å². The highest BCUT2D eigenvalue weighted by Gasteiger charge is 2.42. The lowest BCUT2D eigenvalue weighted by Crippen LogP contribution is -2.52. The molecule has 0 saturated carbocycles. The second kappa shape index (κ2) is 5.45. The van der Waals surface area contributed by atoms with E-state index < -0.39 is 0 Å². The zero-order valence-corrected chi connectivity index (χ0v) is 11.3. The molecule has 3 rings (SSSR count). The number of hydrogen-bond donors (Lipinski definition) is 1. The molecule has 3 saturated heterocycles. The van der Waals surface area contributed by atoms with Gasteiger partial charge < -0.3 is 15.2 Å². The van der Waals surface area contributed by atoms with E-state index in [2.05, 4.69) is 4.90 Å². The van der Waals surface area contributed by atoms with Gasteiger partial charge >= 0.3 is 0 Å². The van der Waals surface area contributed by atoms with Crippen LogP contribution >= 0.6 is 0 Å². The van der Waals surface area contributed by atoms with Crippen LogP contribution in [0.2, 0.25) is 0 Å². The van der Waals surface area contributed by atoms with Crippen molar-refractivity contribution in [3.63, 3.8) is 0 Å². The number of piperidine rings is 1. The highest BCUT2D eigenvalue weighted by Crippen LogP contribution is 2.35. The molecule has 4 nitrogen and oxygen atoms in total. The van der Waals surface area contributed by atoms with Crippen LogP contribution in [0.5, 0.6) is 0 Å². The average molecular weight is 254 g/mol. The van der Waals surface area contributed by atoms with Gasteiger partial charge in [-0.2, -0.15) is 0 Å². The molecule has 0 aromatic heterocycles. The summed E-state index contributed by atoms with van der Waals surface area (Å²) in [6, 6.07) is 0.690. The number of nitrogens with zero attached hydrogens (tertiary/aromatic N) is 1. The van der Waals surface area contributed by atoms with Gasteiger partial charge in [0, 0.05) is 32.2 Å². The molecule has 3 atom stereocenters. The van der Waals surface area contributed by atoms with Gasteiger partial charge in [0.2, 0.25) is 0 Å². The molecule has 0 bridgehead atoms. The van der Waals surface area contributed by atoms with Gasteiger partial charge in [-0.15, -0.1) is 0 Å². The average Bonchev–Trinajstić information content (AvgIpc) is 2.87. The van der Waals surface area contributed by atoms with E-state index in [9.17, 15) is 0 Å². The van der Waals surface area contributed by atoms with Crippen molar-refractivity contribution in [2.45, 2.75) is 43.7 Å². The predicted molar refractivity (Wildman–Crippen MR) is 70.5 cm³/mol. The molecule has 3 fully saturated rings. The summed E-state index contributed by atoms with van der Waals surface area (Å²) in [5, 5.41) is 0. The number of likely N-dealkylation sites (tertiary alicyclic amines) is 1. The maximum Gasteiger partial charge on any atom is 0.0951 e. The first-order valence-electron chi connectivity index (χ1n) is 7.47. The van der Waals surface area contributed by atoms with Crippen LogP contribution < -0.4 is 5.73 Å². The van der Waals surface area contributed by atoms with Crippen molar-refractivity contribution in [3.8, 4) is 0 Å². The Morgan fingerprint density at radius 2 is 2.22 bits per heavy atom. The molecular weight excluding hydrogens is 228 g/mol. The molecule has 4 heteroatoms. The Hall–Kier alpha value is -0.160. The fourth-order valence-corrected chi connectivity index (χ4v) is 3.80. The lowest BCUT2D eigenvalue weighted by atomic mass is 9.87. The van der Waals surface area contributed by atoms with E-state index in [1.54, 1.807) is 0 Å². The fraction of sp³-hybridized carbons (Fsp3) is 1.00. The van der Waals surface area contributed by atoms with Gasteiger partial charge in [0.05, 0.1) is 12.2 Å². The molecule has 0 aromatic carbocycles. The largest absolute Gasteiger partial charge is 0.378 e. The molecular formula is C14H26N2O2. The van der Waals surface area contributed by atoms with Crippen molar-refractivity contribution in [1.29, 1.82) is 0 Å². The van der Waals surface area contributed by atoms with Crippen LogP contribution in [0.3, 0.4) is 0 Å². The summed E-state index contributed by atoms with van der Waals surface area (Å²) >= 11 is 0. The van der Waals surface area contributed by atoms with Gasteiger partial charge in [-0.1, -0.05) is 0 Å². The molecule has 0 aliphatic carbocycles. The van der Waals surface area contributed by atoms with Crippen LogP contribution in [-0.2, 0) is 9.47 Å². The van der Waals surface area contributed by atoms with E-state index in [0.29, 0.717) is 12.0 Å². The zero-order chi connectivity index (χ0) is 12.4. The van der Waals surface area contributed by atoms with Crippen molar-refractivity contribution in [2.24, 2.45) is 11.7 Å². The molecule has 104 valence electrons. The van der Waals surface area contributed by atoms with E-state index in [1.165, 1.54) is 32.4 Å². The Bertz CT molecular complexity index is 279. The van der Waals surface area contributed by atoms with Crippen LogP contribution in [0, 0.1) is 5.92 Å². The third kappa shape index (κ3) is 2.57. The predicted octanol–water partition coefficient (Wildman–Crippen LogP) is 0.995. The summed E-state index contributed by atoms with van der Waals surface area (Å²) in [6.07, 6.45) is 6.04. The molecule has 0 aromatic rings. The second-order valence-corrected chi connectivity index (χ2v) is 6.22. The van der Waals surface area contributed by atoms with E-state index in [0.717, 1.165) is 39.2 Å². The Balaban J connectivity index is 1.61. The molecule has 1 spiro atoms. The van der Waals surface area contributed by atoms with Crippen molar-refractivity contribution in [1.82, 2.24) is 4.90 Å². The van der Waals surface area contributed by atoms with E-state index in [4.69, 9.17) is 15.2 Å². The lowest BCUT2D eigenvalue weighted by molar-refractivity contribution is -0.109. The standard InChI is InChI=1S/C14H26N2O2/c15-9-12-2-1-5-16(10-12)13-3-6-18-14(8-13)4-7-17-11-14/h12-13H,1-11,15H2. The molecule has 18 heavy (non-hydrogen) atoms. The minimum Gasteiger partial charge on any atom is -0.378 e. The number of nitrogens with two attached hydrogens (primary N) is 1. The topological polar surface area (TPSA) is 47.7 Å². The van der Waals surface area contributed by atoms with Gasteiger partial charge in [-0.25, -0.2) is 0 Å². The highest BCUT2D eigenvalue weighted by atomic mass is 16.6. The summed E-state index contributed by atoms with van der Waals surface area (Å²) in [5.74, 6) is 0.706. The molecule has 3 heterocycles. The summed E-state index contributed by atoms with van der Waals surface area (Å²) < 4.78 is 11.6. The second-order valence-electron chi connectivity index (χ2n) is 6.22. The van der Waals surface area contributed by atoms with Gasteiger partial charge in [-0.05, 0) is 44.7 Å². The number of rotatable bonds is 2. The first kappa shape index (κ1) is 12.9.